The van der Waals surface area contributed by atoms with E-state index in [1.165, 1.54) is 27.9 Å². The molecule has 0 bridgehead atoms. The Balaban J connectivity index is 1.35. The second-order valence-electron chi connectivity index (χ2n) is 7.89. The number of hydrogen-bond donors (Lipinski definition) is 2. The maximum atomic E-state index is 9.06. The van der Waals surface area contributed by atoms with E-state index < -0.39 is 0 Å². The fraction of sp³-hybridized carbons (Fsp3) is 0.154. The molecular weight excluding hydrogens is 442 g/mol. The molecule has 2 aromatic heterocycles. The minimum Gasteiger partial charge on any atom is -0.325 e. The van der Waals surface area contributed by atoms with Crippen molar-refractivity contribution in [3.8, 4) is 17.3 Å². The topological polar surface area (TPSA) is 89.2 Å². The molecule has 8 heteroatoms. The summed E-state index contributed by atoms with van der Waals surface area (Å²) in [6.07, 6.45) is 8.14. The van der Waals surface area contributed by atoms with Crippen molar-refractivity contribution in [2.45, 2.75) is 19.9 Å². The Labute approximate surface area is 202 Å². The summed E-state index contributed by atoms with van der Waals surface area (Å²) < 4.78 is 0. The first-order chi connectivity index (χ1) is 16.7. The van der Waals surface area contributed by atoms with Crippen LogP contribution < -0.4 is 15.5 Å². The van der Waals surface area contributed by atoms with Crippen LogP contribution in [-0.4, -0.2) is 22.5 Å². The number of pyridine rings is 1. The number of aryl methyl sites for hydroxylation is 1. The SMILES string of the molecule is Cc1ccccc1-c1cccc2c1CCN2c1ncc(CN=C(NC#N)Nc2ccncc2)s1. The summed E-state index contributed by atoms with van der Waals surface area (Å²) in [6, 6.07) is 18.7. The van der Waals surface area contributed by atoms with Gasteiger partial charge in [0.15, 0.2) is 11.3 Å². The van der Waals surface area contributed by atoms with Crippen LogP contribution >= 0.6 is 11.3 Å². The van der Waals surface area contributed by atoms with Crippen molar-refractivity contribution in [2.24, 2.45) is 4.99 Å². The van der Waals surface area contributed by atoms with Crippen LogP contribution in [0.15, 0.2) is 78.2 Å². The number of guanidine groups is 1. The standard InChI is InChI=1S/C26H23N7S/c1-18-5-2-3-6-21(18)22-7-4-8-24-23(22)11-14-33(24)26-30-16-20(34-26)15-29-25(31-17-27)32-19-9-12-28-13-10-19/h2-10,12-13,16H,11,14-15H2,1H3,(H2,28,29,31,32). The fourth-order valence-corrected chi connectivity index (χ4v) is 5.02. The van der Waals surface area contributed by atoms with Gasteiger partial charge in [0.25, 0.3) is 0 Å². The van der Waals surface area contributed by atoms with Gasteiger partial charge in [0.05, 0.1) is 6.54 Å². The third kappa shape index (κ3) is 4.47. The Kier molecular flexibility index (Phi) is 6.19. The molecule has 34 heavy (non-hydrogen) atoms. The second kappa shape index (κ2) is 9.73. The summed E-state index contributed by atoms with van der Waals surface area (Å²) in [5.74, 6) is 0.387. The van der Waals surface area contributed by atoms with Crippen LogP contribution in [0.3, 0.4) is 0 Å². The molecule has 0 atom stereocenters. The van der Waals surface area contributed by atoms with Gasteiger partial charge >= 0.3 is 0 Å². The van der Waals surface area contributed by atoms with Crippen LogP contribution in [0.2, 0.25) is 0 Å². The number of rotatable bonds is 5. The predicted octanol–water partition coefficient (Wildman–Crippen LogP) is 5.25. The van der Waals surface area contributed by atoms with Gasteiger partial charge in [0, 0.05) is 41.4 Å². The lowest BCUT2D eigenvalue weighted by molar-refractivity contribution is 0.989. The zero-order chi connectivity index (χ0) is 23.3. The van der Waals surface area contributed by atoms with E-state index in [4.69, 9.17) is 5.26 Å². The highest BCUT2D eigenvalue weighted by molar-refractivity contribution is 7.15. The van der Waals surface area contributed by atoms with Crippen LogP contribution in [0.25, 0.3) is 11.1 Å². The average molecular weight is 466 g/mol. The highest BCUT2D eigenvalue weighted by atomic mass is 32.1. The summed E-state index contributed by atoms with van der Waals surface area (Å²) in [4.78, 5) is 16.5. The van der Waals surface area contributed by atoms with Gasteiger partial charge in [-0.05, 0) is 53.8 Å². The van der Waals surface area contributed by atoms with Crippen molar-refractivity contribution in [1.82, 2.24) is 15.3 Å². The van der Waals surface area contributed by atoms with Gasteiger partial charge in [-0.2, -0.15) is 5.26 Å². The van der Waals surface area contributed by atoms with Crippen molar-refractivity contribution in [3.05, 3.63) is 89.2 Å². The number of thiazole rings is 1. The van der Waals surface area contributed by atoms with Gasteiger partial charge in [-0.3, -0.25) is 10.3 Å². The molecule has 0 saturated carbocycles. The summed E-state index contributed by atoms with van der Waals surface area (Å²) >= 11 is 1.62. The number of aliphatic imine (C=N–C) groups is 1. The number of nitrogens with zero attached hydrogens (tertiary/aromatic N) is 5. The zero-order valence-corrected chi connectivity index (χ0v) is 19.5. The third-order valence-electron chi connectivity index (χ3n) is 5.75. The lowest BCUT2D eigenvalue weighted by atomic mass is 9.95. The van der Waals surface area contributed by atoms with Crippen LogP contribution in [0.5, 0.6) is 0 Å². The predicted molar refractivity (Wildman–Crippen MR) is 137 cm³/mol. The van der Waals surface area contributed by atoms with E-state index in [1.807, 2.05) is 24.5 Å². The Morgan fingerprint density at radius 2 is 1.94 bits per heavy atom. The van der Waals surface area contributed by atoms with Gasteiger partial charge in [-0.15, -0.1) is 0 Å². The first-order valence-corrected chi connectivity index (χ1v) is 11.8. The van der Waals surface area contributed by atoms with Gasteiger partial charge in [-0.25, -0.2) is 9.98 Å². The van der Waals surface area contributed by atoms with Crippen molar-refractivity contribution in [2.75, 3.05) is 16.8 Å². The number of nitrogens with one attached hydrogen (secondary N) is 2. The van der Waals surface area contributed by atoms with Gasteiger partial charge in [-0.1, -0.05) is 47.7 Å². The molecule has 168 valence electrons. The molecule has 1 aliphatic heterocycles. The number of nitriles is 1. The average Bonchev–Trinajstić information content (AvgIpc) is 3.51. The Morgan fingerprint density at radius 3 is 2.76 bits per heavy atom. The van der Waals surface area contributed by atoms with E-state index >= 15 is 0 Å². The van der Waals surface area contributed by atoms with Crippen molar-refractivity contribution in [1.29, 1.82) is 5.26 Å². The van der Waals surface area contributed by atoms with Crippen LogP contribution in [-0.2, 0) is 13.0 Å². The van der Waals surface area contributed by atoms with Crippen molar-refractivity contribution < 1.29 is 0 Å². The van der Waals surface area contributed by atoms with E-state index in [0.29, 0.717) is 12.5 Å². The molecule has 4 aromatic rings. The molecule has 0 aliphatic carbocycles. The molecule has 0 amide bonds. The molecule has 2 N–H and O–H groups in total. The number of anilines is 3. The first kappa shape index (κ1) is 21.6. The minimum atomic E-state index is 0.387. The van der Waals surface area contributed by atoms with Crippen molar-refractivity contribution >= 4 is 33.8 Å². The maximum absolute atomic E-state index is 9.06. The molecule has 3 heterocycles. The van der Waals surface area contributed by atoms with E-state index in [1.54, 1.807) is 23.7 Å². The van der Waals surface area contributed by atoms with E-state index in [0.717, 1.165) is 28.7 Å². The third-order valence-corrected chi connectivity index (χ3v) is 6.75. The molecule has 0 unspecified atom stereocenters. The number of benzene rings is 2. The summed E-state index contributed by atoms with van der Waals surface area (Å²) in [5.41, 5.74) is 7.26. The second-order valence-corrected chi connectivity index (χ2v) is 8.99. The van der Waals surface area contributed by atoms with Crippen LogP contribution in [0.1, 0.15) is 16.0 Å². The number of aromatic nitrogens is 2. The Morgan fingerprint density at radius 1 is 1.12 bits per heavy atom. The Hall–Kier alpha value is -4.22. The first-order valence-electron chi connectivity index (χ1n) is 11.0. The van der Waals surface area contributed by atoms with Crippen molar-refractivity contribution in [3.63, 3.8) is 0 Å². The van der Waals surface area contributed by atoms with Gasteiger partial charge < -0.3 is 10.2 Å². The molecule has 0 spiro atoms. The highest BCUT2D eigenvalue weighted by Gasteiger charge is 2.25. The Bertz CT molecular complexity index is 1370. The fourth-order valence-electron chi connectivity index (χ4n) is 4.15. The number of fused-ring (bicyclic) bond motifs is 1. The summed E-state index contributed by atoms with van der Waals surface area (Å²) in [6.45, 7) is 3.48. The van der Waals surface area contributed by atoms with E-state index in [2.05, 4.69) is 79.9 Å². The molecule has 0 saturated heterocycles. The smallest absolute Gasteiger partial charge is 0.209 e. The van der Waals surface area contributed by atoms with E-state index in [-0.39, 0.29) is 0 Å². The monoisotopic (exact) mass is 465 g/mol. The number of hydrogen-bond acceptors (Lipinski definition) is 6. The molecule has 0 fully saturated rings. The minimum absolute atomic E-state index is 0.387. The lowest BCUT2D eigenvalue weighted by Crippen LogP contribution is -2.26. The zero-order valence-electron chi connectivity index (χ0n) is 18.7. The van der Waals surface area contributed by atoms with E-state index in [9.17, 15) is 0 Å². The maximum Gasteiger partial charge on any atom is 0.209 e. The molecule has 2 aromatic carbocycles. The molecular formula is C26H23N7S. The lowest BCUT2D eigenvalue weighted by Gasteiger charge is -2.17. The van der Waals surface area contributed by atoms with Crippen LogP contribution in [0, 0.1) is 18.4 Å². The largest absolute Gasteiger partial charge is 0.325 e. The van der Waals surface area contributed by atoms with Crippen LogP contribution in [0.4, 0.5) is 16.5 Å². The van der Waals surface area contributed by atoms with Gasteiger partial charge in [0.2, 0.25) is 5.96 Å². The highest BCUT2D eigenvalue weighted by Crippen LogP contribution is 2.41. The molecule has 0 radical (unpaired) electrons. The molecule has 7 nitrogen and oxygen atoms in total. The normalized spacial score (nSPS) is 12.8. The summed E-state index contributed by atoms with van der Waals surface area (Å²) in [7, 11) is 0. The quantitative estimate of drug-likeness (QED) is 0.181. The summed E-state index contributed by atoms with van der Waals surface area (Å²) in [5, 5.41) is 15.7. The van der Waals surface area contributed by atoms with Gasteiger partial charge in [0.1, 0.15) is 0 Å². The molecule has 1 aliphatic rings. The molecule has 5 rings (SSSR count).